The molecule has 0 unspecified atom stereocenters. The van der Waals surface area contributed by atoms with E-state index in [-0.39, 0.29) is 0 Å². The van der Waals surface area contributed by atoms with Gasteiger partial charge >= 0.3 is 0 Å². The molecule has 0 aliphatic carbocycles. The zero-order valence-electron chi connectivity index (χ0n) is 17.1. The van der Waals surface area contributed by atoms with Gasteiger partial charge in [-0.3, -0.25) is 4.90 Å². The van der Waals surface area contributed by atoms with Crippen LogP contribution >= 0.6 is 11.6 Å². The number of fused-ring (bicyclic) bond motifs is 2. The van der Waals surface area contributed by atoms with Crippen molar-refractivity contribution in [3.8, 4) is 11.5 Å². The summed E-state index contributed by atoms with van der Waals surface area (Å²) in [7, 11) is 0. The SMILES string of the molecule is Clc1cccc2c(CCCCN3CCN(c4cccc5c4OCCO5)CC3)coc12. The Morgan fingerprint density at radius 1 is 0.900 bits per heavy atom. The molecule has 1 fully saturated rings. The van der Waals surface area contributed by atoms with E-state index in [1.54, 1.807) is 0 Å². The Kier molecular flexibility index (Phi) is 5.73. The maximum atomic E-state index is 6.21. The van der Waals surface area contributed by atoms with Crippen molar-refractivity contribution in [2.75, 3.05) is 50.8 Å². The number of nitrogens with zero attached hydrogens (tertiary/aromatic N) is 2. The van der Waals surface area contributed by atoms with Gasteiger partial charge in [-0.25, -0.2) is 0 Å². The maximum absolute atomic E-state index is 6.21. The number of aryl methyl sites for hydroxylation is 1. The lowest BCUT2D eigenvalue weighted by molar-refractivity contribution is 0.171. The first-order valence-corrected chi connectivity index (χ1v) is 11.2. The largest absolute Gasteiger partial charge is 0.486 e. The second kappa shape index (κ2) is 8.78. The van der Waals surface area contributed by atoms with Crippen LogP contribution in [0.2, 0.25) is 5.02 Å². The standard InChI is InChI=1S/C24H27ClN2O3/c25-20-7-3-6-19-18(17-30-23(19)20)5-1-2-10-26-11-13-27(14-12-26)21-8-4-9-22-24(21)29-16-15-28-22/h3-4,6-9,17H,1-2,5,10-16H2. The second-order valence-corrected chi connectivity index (χ2v) is 8.37. The summed E-state index contributed by atoms with van der Waals surface area (Å²) in [6, 6.07) is 12.2. The number of halogens is 1. The van der Waals surface area contributed by atoms with Gasteiger partial charge < -0.3 is 18.8 Å². The molecule has 30 heavy (non-hydrogen) atoms. The van der Waals surface area contributed by atoms with Gasteiger partial charge in [0.15, 0.2) is 17.1 Å². The highest BCUT2D eigenvalue weighted by Crippen LogP contribution is 2.39. The minimum absolute atomic E-state index is 0.627. The van der Waals surface area contributed by atoms with E-state index in [2.05, 4.69) is 28.0 Å². The van der Waals surface area contributed by atoms with Gasteiger partial charge in [-0.05, 0) is 49.6 Å². The molecule has 0 bridgehead atoms. The molecular formula is C24H27ClN2O3. The molecule has 5 nitrogen and oxygen atoms in total. The molecule has 2 aromatic carbocycles. The number of rotatable bonds is 6. The van der Waals surface area contributed by atoms with Crippen LogP contribution in [0.1, 0.15) is 18.4 Å². The number of ether oxygens (including phenoxy) is 2. The lowest BCUT2D eigenvalue weighted by Gasteiger charge is -2.37. The zero-order chi connectivity index (χ0) is 20.3. The maximum Gasteiger partial charge on any atom is 0.184 e. The summed E-state index contributed by atoms with van der Waals surface area (Å²) in [4.78, 5) is 4.99. The number of piperazine rings is 1. The van der Waals surface area contributed by atoms with Crippen LogP contribution in [0, 0.1) is 0 Å². The fraction of sp³-hybridized carbons (Fsp3) is 0.417. The summed E-state index contributed by atoms with van der Waals surface area (Å²) in [5, 5.41) is 1.83. The van der Waals surface area contributed by atoms with E-state index in [1.807, 2.05) is 24.5 Å². The van der Waals surface area contributed by atoms with Crippen LogP contribution < -0.4 is 14.4 Å². The Hall–Kier alpha value is -2.37. The van der Waals surface area contributed by atoms with E-state index in [0.29, 0.717) is 18.2 Å². The van der Waals surface area contributed by atoms with Crippen LogP contribution in [0.3, 0.4) is 0 Å². The number of hydrogen-bond donors (Lipinski definition) is 0. The molecule has 0 amide bonds. The topological polar surface area (TPSA) is 38.1 Å². The number of benzene rings is 2. The van der Waals surface area contributed by atoms with Crippen molar-refractivity contribution in [1.82, 2.24) is 4.90 Å². The van der Waals surface area contributed by atoms with Crippen LogP contribution in [-0.4, -0.2) is 50.8 Å². The monoisotopic (exact) mass is 426 g/mol. The highest BCUT2D eigenvalue weighted by molar-refractivity contribution is 6.34. The van der Waals surface area contributed by atoms with Gasteiger partial charge in [0, 0.05) is 31.6 Å². The fourth-order valence-electron chi connectivity index (χ4n) is 4.44. The molecule has 3 aromatic rings. The third kappa shape index (κ3) is 3.96. The van der Waals surface area contributed by atoms with Gasteiger partial charge in [-0.1, -0.05) is 29.8 Å². The predicted octanol–water partition coefficient (Wildman–Crippen LogP) is 5.00. The number of unbranched alkanes of at least 4 members (excludes halogenated alkanes) is 1. The van der Waals surface area contributed by atoms with E-state index in [4.69, 9.17) is 25.5 Å². The van der Waals surface area contributed by atoms with Gasteiger partial charge in [0.25, 0.3) is 0 Å². The molecule has 0 saturated carbocycles. The van der Waals surface area contributed by atoms with Gasteiger partial charge in [-0.15, -0.1) is 0 Å². The molecule has 0 atom stereocenters. The first kappa shape index (κ1) is 19.6. The molecule has 0 spiro atoms. The molecule has 1 aromatic heterocycles. The highest BCUT2D eigenvalue weighted by Gasteiger charge is 2.23. The molecule has 2 aliphatic rings. The van der Waals surface area contributed by atoms with Crippen LogP contribution in [0.25, 0.3) is 11.0 Å². The number of para-hydroxylation sites is 2. The van der Waals surface area contributed by atoms with Gasteiger partial charge in [0.2, 0.25) is 0 Å². The average molecular weight is 427 g/mol. The highest BCUT2D eigenvalue weighted by atomic mass is 35.5. The third-order valence-electron chi connectivity index (χ3n) is 6.06. The average Bonchev–Trinajstić information content (AvgIpc) is 3.21. The lowest BCUT2D eigenvalue weighted by Crippen LogP contribution is -2.46. The predicted molar refractivity (Wildman–Crippen MR) is 120 cm³/mol. The van der Waals surface area contributed by atoms with E-state index in [0.717, 1.165) is 73.7 Å². The molecule has 0 N–H and O–H groups in total. The first-order valence-electron chi connectivity index (χ1n) is 10.8. The van der Waals surface area contributed by atoms with E-state index in [1.165, 1.54) is 12.0 Å². The second-order valence-electron chi connectivity index (χ2n) is 7.96. The molecule has 3 heterocycles. The Balaban J connectivity index is 1.10. The van der Waals surface area contributed by atoms with Crippen LogP contribution in [0.15, 0.2) is 47.1 Å². The van der Waals surface area contributed by atoms with Crippen molar-refractivity contribution in [1.29, 1.82) is 0 Å². The Bertz CT molecular complexity index is 1010. The van der Waals surface area contributed by atoms with Crippen molar-refractivity contribution in [3.63, 3.8) is 0 Å². The van der Waals surface area contributed by atoms with E-state index < -0.39 is 0 Å². The first-order chi connectivity index (χ1) is 14.8. The fourth-order valence-corrected chi connectivity index (χ4v) is 4.66. The molecule has 2 aliphatic heterocycles. The summed E-state index contributed by atoms with van der Waals surface area (Å²) < 4.78 is 17.3. The lowest BCUT2D eigenvalue weighted by atomic mass is 10.1. The summed E-state index contributed by atoms with van der Waals surface area (Å²) >= 11 is 6.21. The van der Waals surface area contributed by atoms with Crippen molar-refractivity contribution < 1.29 is 13.9 Å². The van der Waals surface area contributed by atoms with Gasteiger partial charge in [-0.2, -0.15) is 0 Å². The minimum atomic E-state index is 0.627. The third-order valence-corrected chi connectivity index (χ3v) is 6.36. The number of hydrogen-bond acceptors (Lipinski definition) is 5. The minimum Gasteiger partial charge on any atom is -0.486 e. The normalized spacial score (nSPS) is 16.9. The van der Waals surface area contributed by atoms with Crippen molar-refractivity contribution >= 4 is 28.3 Å². The van der Waals surface area contributed by atoms with Crippen LogP contribution in [0.4, 0.5) is 5.69 Å². The Morgan fingerprint density at radius 3 is 2.63 bits per heavy atom. The summed E-state index contributed by atoms with van der Waals surface area (Å²) in [6.45, 7) is 6.59. The quantitative estimate of drug-likeness (QED) is 0.518. The van der Waals surface area contributed by atoms with E-state index in [9.17, 15) is 0 Å². The number of anilines is 1. The summed E-state index contributed by atoms with van der Waals surface area (Å²) in [5.41, 5.74) is 3.23. The van der Waals surface area contributed by atoms with Crippen molar-refractivity contribution in [2.24, 2.45) is 0 Å². The van der Waals surface area contributed by atoms with Crippen molar-refractivity contribution in [3.05, 3.63) is 53.2 Å². The van der Waals surface area contributed by atoms with Crippen molar-refractivity contribution in [2.45, 2.75) is 19.3 Å². The molecule has 0 radical (unpaired) electrons. The molecule has 6 heteroatoms. The molecule has 1 saturated heterocycles. The molecule has 5 rings (SSSR count). The van der Waals surface area contributed by atoms with Crippen LogP contribution in [0.5, 0.6) is 11.5 Å². The summed E-state index contributed by atoms with van der Waals surface area (Å²) in [6.07, 6.45) is 5.23. The summed E-state index contributed by atoms with van der Waals surface area (Å²) in [5.74, 6) is 1.78. The Morgan fingerprint density at radius 2 is 1.73 bits per heavy atom. The smallest absolute Gasteiger partial charge is 0.184 e. The van der Waals surface area contributed by atoms with Gasteiger partial charge in [0.05, 0.1) is 17.0 Å². The zero-order valence-corrected chi connectivity index (χ0v) is 17.9. The van der Waals surface area contributed by atoms with E-state index >= 15 is 0 Å². The van der Waals surface area contributed by atoms with Crippen LogP contribution in [-0.2, 0) is 6.42 Å². The van der Waals surface area contributed by atoms with Gasteiger partial charge in [0.1, 0.15) is 13.2 Å². The molecule has 158 valence electrons. The Labute approximate surface area is 182 Å². The molecular weight excluding hydrogens is 400 g/mol. The number of furan rings is 1.